The van der Waals surface area contributed by atoms with Gasteiger partial charge in [-0.1, -0.05) is 54.7 Å². The van der Waals surface area contributed by atoms with Gasteiger partial charge in [-0.15, -0.1) is 0 Å². The summed E-state index contributed by atoms with van der Waals surface area (Å²) >= 11 is 12.5. The number of hydrogen-bond donors (Lipinski definition) is 0. The zero-order valence-corrected chi connectivity index (χ0v) is 14.7. The van der Waals surface area contributed by atoms with E-state index >= 15 is 0 Å². The van der Waals surface area contributed by atoms with Crippen molar-refractivity contribution in [1.29, 1.82) is 0 Å². The fourth-order valence-corrected chi connectivity index (χ4v) is 2.99. The van der Waals surface area contributed by atoms with Gasteiger partial charge >= 0.3 is 5.63 Å². The Balaban J connectivity index is 1.96. The first kappa shape index (κ1) is 16.9. The smallest absolute Gasteiger partial charge is 0.336 e. The van der Waals surface area contributed by atoms with Crippen molar-refractivity contribution in [3.63, 3.8) is 0 Å². The molecular weight excluding hydrogens is 347 g/mol. The maximum absolute atomic E-state index is 11.7. The maximum atomic E-state index is 11.7. The molecule has 2 aromatic carbocycles. The van der Waals surface area contributed by atoms with Crippen molar-refractivity contribution in [3.05, 3.63) is 74.1 Å². The number of hydrogen-bond acceptors (Lipinski definition) is 3. The van der Waals surface area contributed by atoms with E-state index in [1.54, 1.807) is 18.2 Å². The quantitative estimate of drug-likeness (QED) is 0.552. The highest BCUT2D eigenvalue weighted by Crippen LogP contribution is 2.32. The Labute approximate surface area is 149 Å². The van der Waals surface area contributed by atoms with Crippen LogP contribution in [0.1, 0.15) is 24.5 Å². The zero-order chi connectivity index (χ0) is 17.1. The van der Waals surface area contributed by atoms with E-state index in [1.165, 1.54) is 6.07 Å². The highest BCUT2D eigenvalue weighted by molar-refractivity contribution is 6.33. The van der Waals surface area contributed by atoms with Crippen molar-refractivity contribution in [1.82, 2.24) is 0 Å². The summed E-state index contributed by atoms with van der Waals surface area (Å²) in [6.07, 6.45) is 1.72. The van der Waals surface area contributed by atoms with Crippen LogP contribution in [0, 0.1) is 0 Å². The molecule has 0 saturated heterocycles. The largest absolute Gasteiger partial charge is 0.487 e. The average Bonchev–Trinajstić information content (AvgIpc) is 2.55. The summed E-state index contributed by atoms with van der Waals surface area (Å²) in [6.45, 7) is 2.34. The summed E-state index contributed by atoms with van der Waals surface area (Å²) in [5.74, 6) is 0.459. The van der Waals surface area contributed by atoms with Crippen LogP contribution in [0.15, 0.2) is 51.7 Å². The monoisotopic (exact) mass is 362 g/mol. The highest BCUT2D eigenvalue weighted by Gasteiger charge is 2.11. The molecule has 0 aliphatic rings. The van der Waals surface area contributed by atoms with Crippen LogP contribution in [0.2, 0.25) is 10.0 Å². The Morgan fingerprint density at radius 2 is 1.83 bits per heavy atom. The molecule has 1 aromatic heterocycles. The molecule has 3 nitrogen and oxygen atoms in total. The molecule has 0 amide bonds. The second-order valence-corrected chi connectivity index (χ2v) is 6.31. The standard InChI is InChI=1S/C19H16Cl2O3/c1-2-5-12-8-19(22)24-17-10-18(16(21)9-14(12)17)23-11-13-6-3-4-7-15(13)20/h3-4,6-10H,2,5,11H2,1H3. The summed E-state index contributed by atoms with van der Waals surface area (Å²) in [5.41, 5.74) is 1.90. The van der Waals surface area contributed by atoms with E-state index in [-0.39, 0.29) is 12.2 Å². The number of ether oxygens (including phenoxy) is 1. The van der Waals surface area contributed by atoms with E-state index in [1.807, 2.05) is 18.2 Å². The van der Waals surface area contributed by atoms with Crippen molar-refractivity contribution in [3.8, 4) is 5.75 Å². The minimum absolute atomic E-state index is 0.282. The number of aryl methyl sites for hydroxylation is 1. The lowest BCUT2D eigenvalue weighted by Crippen LogP contribution is -2.02. The first-order valence-corrected chi connectivity index (χ1v) is 8.46. The summed E-state index contributed by atoms with van der Waals surface area (Å²) in [5, 5.41) is 1.94. The Morgan fingerprint density at radius 1 is 1.04 bits per heavy atom. The van der Waals surface area contributed by atoms with Gasteiger partial charge in [0.1, 0.15) is 17.9 Å². The molecule has 3 rings (SSSR count). The average molecular weight is 363 g/mol. The number of rotatable bonds is 5. The molecule has 1 heterocycles. The number of halogens is 2. The van der Waals surface area contributed by atoms with Crippen molar-refractivity contribution < 1.29 is 9.15 Å². The SMILES string of the molecule is CCCc1cc(=O)oc2cc(OCc3ccccc3Cl)c(Cl)cc12. The lowest BCUT2D eigenvalue weighted by Gasteiger charge is -2.11. The third-order valence-electron chi connectivity index (χ3n) is 3.74. The Hall–Kier alpha value is -1.97. The van der Waals surface area contributed by atoms with E-state index in [0.717, 1.165) is 29.4 Å². The third-order valence-corrected chi connectivity index (χ3v) is 4.41. The van der Waals surface area contributed by atoms with Gasteiger partial charge in [-0.05, 0) is 24.1 Å². The summed E-state index contributed by atoms with van der Waals surface area (Å²) in [4.78, 5) is 11.7. The first-order chi connectivity index (χ1) is 11.6. The second kappa shape index (κ2) is 7.29. The second-order valence-electron chi connectivity index (χ2n) is 5.50. The predicted molar refractivity (Wildman–Crippen MR) is 97.3 cm³/mol. The fourth-order valence-electron chi connectivity index (χ4n) is 2.59. The van der Waals surface area contributed by atoms with Gasteiger partial charge in [0, 0.05) is 28.1 Å². The topological polar surface area (TPSA) is 39.4 Å². The maximum Gasteiger partial charge on any atom is 0.336 e. The van der Waals surface area contributed by atoms with E-state index in [4.69, 9.17) is 32.4 Å². The van der Waals surface area contributed by atoms with Crippen LogP contribution in [-0.2, 0) is 13.0 Å². The van der Waals surface area contributed by atoms with Crippen LogP contribution in [0.5, 0.6) is 5.75 Å². The molecule has 124 valence electrons. The molecule has 5 heteroatoms. The first-order valence-electron chi connectivity index (χ1n) is 7.71. The molecule has 0 spiro atoms. The molecule has 0 unspecified atom stereocenters. The molecule has 0 N–H and O–H groups in total. The minimum atomic E-state index is -0.370. The third kappa shape index (κ3) is 3.58. The molecule has 0 radical (unpaired) electrons. The Bertz CT molecular complexity index is 932. The van der Waals surface area contributed by atoms with Crippen molar-refractivity contribution >= 4 is 34.2 Å². The van der Waals surface area contributed by atoms with Gasteiger partial charge in [0.2, 0.25) is 0 Å². The van der Waals surface area contributed by atoms with Gasteiger partial charge in [0.05, 0.1) is 5.02 Å². The zero-order valence-electron chi connectivity index (χ0n) is 13.1. The lowest BCUT2D eigenvalue weighted by atomic mass is 10.1. The molecule has 0 aliphatic heterocycles. The predicted octanol–water partition coefficient (Wildman–Crippen LogP) is 5.63. The van der Waals surface area contributed by atoms with Gasteiger partial charge in [0.25, 0.3) is 0 Å². The van der Waals surface area contributed by atoms with E-state index in [2.05, 4.69) is 6.92 Å². The van der Waals surface area contributed by atoms with Crippen molar-refractivity contribution in [2.24, 2.45) is 0 Å². The molecule has 0 atom stereocenters. The van der Waals surface area contributed by atoms with Crippen molar-refractivity contribution in [2.45, 2.75) is 26.4 Å². The molecule has 0 bridgehead atoms. The van der Waals surface area contributed by atoms with Crippen LogP contribution in [0.25, 0.3) is 11.0 Å². The lowest BCUT2D eigenvalue weighted by molar-refractivity contribution is 0.306. The van der Waals surface area contributed by atoms with Crippen LogP contribution in [0.4, 0.5) is 0 Å². The molecule has 0 fully saturated rings. The van der Waals surface area contributed by atoms with Gasteiger partial charge in [-0.2, -0.15) is 0 Å². The highest BCUT2D eigenvalue weighted by atomic mass is 35.5. The van der Waals surface area contributed by atoms with Gasteiger partial charge < -0.3 is 9.15 Å². The van der Waals surface area contributed by atoms with Crippen LogP contribution in [0.3, 0.4) is 0 Å². The van der Waals surface area contributed by atoms with Gasteiger partial charge in [-0.25, -0.2) is 4.79 Å². The van der Waals surface area contributed by atoms with Crippen LogP contribution < -0.4 is 10.4 Å². The van der Waals surface area contributed by atoms with Gasteiger partial charge in [0.15, 0.2) is 0 Å². The normalized spacial score (nSPS) is 11.0. The van der Waals surface area contributed by atoms with E-state index < -0.39 is 0 Å². The van der Waals surface area contributed by atoms with E-state index in [9.17, 15) is 4.79 Å². The molecule has 0 saturated carbocycles. The van der Waals surface area contributed by atoms with E-state index in [0.29, 0.717) is 21.4 Å². The molecule has 24 heavy (non-hydrogen) atoms. The van der Waals surface area contributed by atoms with Crippen LogP contribution >= 0.6 is 23.2 Å². The number of fused-ring (bicyclic) bond motifs is 1. The summed E-state index contributed by atoms with van der Waals surface area (Å²) in [6, 6.07) is 12.4. The molecule has 0 aliphatic carbocycles. The minimum Gasteiger partial charge on any atom is -0.487 e. The molecule has 3 aromatic rings. The Kier molecular flexibility index (Phi) is 5.12. The Morgan fingerprint density at radius 3 is 2.58 bits per heavy atom. The number of benzene rings is 2. The van der Waals surface area contributed by atoms with Crippen LogP contribution in [-0.4, -0.2) is 0 Å². The van der Waals surface area contributed by atoms with Crippen molar-refractivity contribution in [2.75, 3.05) is 0 Å². The van der Waals surface area contributed by atoms with Gasteiger partial charge in [-0.3, -0.25) is 0 Å². The summed E-state index contributed by atoms with van der Waals surface area (Å²) in [7, 11) is 0. The fraction of sp³-hybridized carbons (Fsp3) is 0.211. The summed E-state index contributed by atoms with van der Waals surface area (Å²) < 4.78 is 11.1. The molecular formula is C19H16Cl2O3.